The van der Waals surface area contributed by atoms with Gasteiger partial charge in [-0.1, -0.05) is 26.7 Å². The molecule has 1 heterocycles. The van der Waals surface area contributed by atoms with E-state index in [9.17, 15) is 0 Å². The molecule has 1 unspecified atom stereocenters. The first kappa shape index (κ1) is 12.0. The minimum atomic E-state index is 0.313. The number of hydrogen-bond acceptors (Lipinski definition) is 2. The summed E-state index contributed by atoms with van der Waals surface area (Å²) in [7, 11) is 0. The van der Waals surface area contributed by atoms with Gasteiger partial charge in [0.1, 0.15) is 6.29 Å². The molecule has 1 N–H and O–H groups in total. The normalized spacial score (nSPS) is 18.2. The SMILES string of the molecule is CCCCN(CCCC)C1[N]CCN1. The van der Waals surface area contributed by atoms with E-state index in [4.69, 9.17) is 0 Å². The Morgan fingerprint density at radius 3 is 2.29 bits per heavy atom. The van der Waals surface area contributed by atoms with E-state index in [0.717, 1.165) is 13.1 Å². The summed E-state index contributed by atoms with van der Waals surface area (Å²) in [6.07, 6.45) is 5.44. The molecular weight excluding hydrogens is 174 g/mol. The van der Waals surface area contributed by atoms with Crippen LogP contribution in [0.3, 0.4) is 0 Å². The lowest BCUT2D eigenvalue weighted by atomic mass is 10.2. The van der Waals surface area contributed by atoms with Crippen LogP contribution >= 0.6 is 0 Å². The highest BCUT2D eigenvalue weighted by Crippen LogP contribution is 2.04. The maximum absolute atomic E-state index is 4.56. The van der Waals surface area contributed by atoms with Crippen molar-refractivity contribution in [1.29, 1.82) is 0 Å². The van der Waals surface area contributed by atoms with Crippen LogP contribution < -0.4 is 10.6 Å². The molecule has 1 aliphatic rings. The highest BCUT2D eigenvalue weighted by molar-refractivity contribution is 4.73. The molecule has 1 radical (unpaired) electrons. The fourth-order valence-electron chi connectivity index (χ4n) is 1.77. The molecule has 3 heteroatoms. The predicted octanol–water partition coefficient (Wildman–Crippen LogP) is 1.38. The van der Waals surface area contributed by atoms with Crippen LogP contribution in [0.1, 0.15) is 39.5 Å². The summed E-state index contributed by atoms with van der Waals surface area (Å²) in [4.78, 5) is 2.49. The molecule has 0 aromatic heterocycles. The second kappa shape index (κ2) is 7.21. The molecule has 1 aliphatic heterocycles. The van der Waals surface area contributed by atoms with Crippen LogP contribution in [0, 0.1) is 0 Å². The smallest absolute Gasteiger partial charge is 0.130 e. The van der Waals surface area contributed by atoms with Gasteiger partial charge >= 0.3 is 0 Å². The Morgan fingerprint density at radius 2 is 1.86 bits per heavy atom. The monoisotopic (exact) mass is 198 g/mol. The van der Waals surface area contributed by atoms with Crippen LogP contribution in [-0.4, -0.2) is 37.4 Å². The van der Waals surface area contributed by atoms with Crippen molar-refractivity contribution in [2.45, 2.75) is 45.8 Å². The van der Waals surface area contributed by atoms with Crippen molar-refractivity contribution in [2.75, 3.05) is 26.2 Å². The first-order chi connectivity index (χ1) is 6.88. The number of rotatable bonds is 7. The zero-order valence-electron chi connectivity index (χ0n) is 9.63. The molecule has 1 atom stereocenters. The maximum Gasteiger partial charge on any atom is 0.130 e. The molecule has 1 rings (SSSR count). The molecule has 0 aliphatic carbocycles. The lowest BCUT2D eigenvalue weighted by Crippen LogP contribution is -2.46. The van der Waals surface area contributed by atoms with E-state index in [2.05, 4.69) is 29.4 Å². The van der Waals surface area contributed by atoms with E-state index in [0.29, 0.717) is 6.29 Å². The largest absolute Gasteiger partial charge is 0.287 e. The molecule has 3 nitrogen and oxygen atoms in total. The topological polar surface area (TPSA) is 29.4 Å². The van der Waals surface area contributed by atoms with Crippen molar-refractivity contribution in [3.63, 3.8) is 0 Å². The van der Waals surface area contributed by atoms with Gasteiger partial charge in [-0.2, -0.15) is 0 Å². The van der Waals surface area contributed by atoms with E-state index in [1.807, 2.05) is 0 Å². The fourth-order valence-corrected chi connectivity index (χ4v) is 1.77. The van der Waals surface area contributed by atoms with Crippen molar-refractivity contribution in [3.8, 4) is 0 Å². The molecular formula is C11H24N3. The van der Waals surface area contributed by atoms with Crippen molar-refractivity contribution >= 4 is 0 Å². The third-order valence-corrected chi connectivity index (χ3v) is 2.68. The third kappa shape index (κ3) is 3.95. The highest BCUT2D eigenvalue weighted by atomic mass is 15.4. The molecule has 1 fully saturated rings. The van der Waals surface area contributed by atoms with Crippen molar-refractivity contribution in [1.82, 2.24) is 15.5 Å². The third-order valence-electron chi connectivity index (χ3n) is 2.68. The van der Waals surface area contributed by atoms with Crippen LogP contribution in [0.5, 0.6) is 0 Å². The lowest BCUT2D eigenvalue weighted by Gasteiger charge is -2.27. The Balaban J connectivity index is 2.26. The van der Waals surface area contributed by atoms with Gasteiger partial charge in [0.05, 0.1) is 0 Å². The Kier molecular flexibility index (Phi) is 6.15. The average Bonchev–Trinajstić information content (AvgIpc) is 2.71. The van der Waals surface area contributed by atoms with E-state index >= 15 is 0 Å². The zero-order chi connectivity index (χ0) is 10.2. The highest BCUT2D eigenvalue weighted by Gasteiger charge is 2.21. The van der Waals surface area contributed by atoms with Gasteiger partial charge in [-0.3, -0.25) is 10.2 Å². The second-order valence-corrected chi connectivity index (χ2v) is 3.98. The van der Waals surface area contributed by atoms with E-state index in [1.165, 1.54) is 38.8 Å². The predicted molar refractivity (Wildman–Crippen MR) is 60.2 cm³/mol. The van der Waals surface area contributed by atoms with E-state index in [1.54, 1.807) is 0 Å². The van der Waals surface area contributed by atoms with Crippen LogP contribution in [0.25, 0.3) is 0 Å². The van der Waals surface area contributed by atoms with Gasteiger partial charge in [-0.25, -0.2) is 5.32 Å². The summed E-state index contributed by atoms with van der Waals surface area (Å²) in [5, 5.41) is 7.99. The minimum absolute atomic E-state index is 0.313. The maximum atomic E-state index is 4.56. The molecule has 83 valence electrons. The van der Waals surface area contributed by atoms with Crippen LogP contribution in [0.2, 0.25) is 0 Å². The van der Waals surface area contributed by atoms with Crippen LogP contribution in [0.4, 0.5) is 0 Å². The summed E-state index contributed by atoms with van der Waals surface area (Å²) in [6.45, 7) is 8.92. The molecule has 0 saturated carbocycles. The molecule has 1 saturated heterocycles. The van der Waals surface area contributed by atoms with Gasteiger partial charge in [0.25, 0.3) is 0 Å². The quantitative estimate of drug-likeness (QED) is 0.669. The molecule has 14 heavy (non-hydrogen) atoms. The average molecular weight is 198 g/mol. The van der Waals surface area contributed by atoms with Crippen molar-refractivity contribution in [2.24, 2.45) is 0 Å². The Morgan fingerprint density at radius 1 is 1.21 bits per heavy atom. The molecule has 0 bridgehead atoms. The summed E-state index contributed by atoms with van der Waals surface area (Å²) in [5.74, 6) is 0. The standard InChI is InChI=1S/C11H24N3/c1-3-5-9-14(10-6-4-2)11-12-7-8-13-11/h11-12H,3-10H2,1-2H3. The summed E-state index contributed by atoms with van der Waals surface area (Å²) in [6, 6.07) is 0. The van der Waals surface area contributed by atoms with Crippen LogP contribution in [-0.2, 0) is 0 Å². The summed E-state index contributed by atoms with van der Waals surface area (Å²) < 4.78 is 0. The number of nitrogens with zero attached hydrogens (tertiary/aromatic N) is 2. The Labute approximate surface area is 88.2 Å². The molecule has 0 aromatic carbocycles. The van der Waals surface area contributed by atoms with Crippen molar-refractivity contribution in [3.05, 3.63) is 0 Å². The Bertz CT molecular complexity index is 124. The number of unbranched alkanes of at least 4 members (excludes halogenated alkanes) is 2. The van der Waals surface area contributed by atoms with Gasteiger partial charge in [0.2, 0.25) is 0 Å². The summed E-state index contributed by atoms with van der Waals surface area (Å²) >= 11 is 0. The number of nitrogens with one attached hydrogen (secondary N) is 1. The molecule has 0 amide bonds. The number of hydrogen-bond donors (Lipinski definition) is 1. The van der Waals surface area contributed by atoms with Gasteiger partial charge in [0.15, 0.2) is 0 Å². The fraction of sp³-hybridized carbons (Fsp3) is 1.00. The zero-order valence-corrected chi connectivity index (χ0v) is 9.63. The lowest BCUT2D eigenvalue weighted by molar-refractivity contribution is 0.157. The second-order valence-electron chi connectivity index (χ2n) is 3.98. The minimum Gasteiger partial charge on any atom is -0.287 e. The van der Waals surface area contributed by atoms with Gasteiger partial charge in [-0.15, -0.1) is 0 Å². The first-order valence-corrected chi connectivity index (χ1v) is 6.02. The molecule has 0 spiro atoms. The summed E-state index contributed by atoms with van der Waals surface area (Å²) in [5.41, 5.74) is 0. The van der Waals surface area contributed by atoms with Crippen molar-refractivity contribution < 1.29 is 0 Å². The van der Waals surface area contributed by atoms with Gasteiger partial charge in [0, 0.05) is 26.2 Å². The first-order valence-electron chi connectivity index (χ1n) is 6.02. The van der Waals surface area contributed by atoms with E-state index < -0.39 is 0 Å². The van der Waals surface area contributed by atoms with Gasteiger partial charge in [-0.05, 0) is 12.8 Å². The Hall–Kier alpha value is -0.120. The molecule has 0 aromatic rings. The van der Waals surface area contributed by atoms with Gasteiger partial charge < -0.3 is 0 Å². The van der Waals surface area contributed by atoms with Crippen LogP contribution in [0.15, 0.2) is 0 Å². The van der Waals surface area contributed by atoms with E-state index in [-0.39, 0.29) is 0 Å².